The van der Waals surface area contributed by atoms with Crippen LogP contribution < -0.4 is 5.73 Å². The maximum absolute atomic E-state index is 10.4. The first-order chi connectivity index (χ1) is 7.11. The highest BCUT2D eigenvalue weighted by Gasteiger charge is 2.10. The van der Waals surface area contributed by atoms with E-state index < -0.39 is 12.0 Å². The van der Waals surface area contributed by atoms with Crippen LogP contribution >= 0.6 is 0 Å². The minimum absolute atomic E-state index is 0. The molecule has 1 atom stereocenters. The summed E-state index contributed by atoms with van der Waals surface area (Å²) >= 11 is 0. The van der Waals surface area contributed by atoms with E-state index in [0.717, 1.165) is 5.56 Å². The molecule has 0 fully saturated rings. The van der Waals surface area contributed by atoms with E-state index in [1.807, 2.05) is 30.3 Å². The van der Waals surface area contributed by atoms with Crippen molar-refractivity contribution in [3.05, 3.63) is 35.9 Å². The summed E-state index contributed by atoms with van der Waals surface area (Å²) in [6.07, 6.45) is 0.385. The summed E-state index contributed by atoms with van der Waals surface area (Å²) in [6, 6.07) is 8.54. The van der Waals surface area contributed by atoms with Crippen molar-refractivity contribution in [2.75, 3.05) is 0 Å². The molecule has 0 saturated heterocycles. The first-order valence-corrected chi connectivity index (χ1v) is 4.24. The van der Waals surface area contributed by atoms with E-state index in [1.165, 1.54) is 0 Å². The Morgan fingerprint density at radius 2 is 1.80 bits per heavy atom. The Bertz CT molecular complexity index is 281. The lowest BCUT2D eigenvalue weighted by molar-refractivity contribution is -0.138. The van der Waals surface area contributed by atoms with Crippen molar-refractivity contribution in [2.45, 2.75) is 12.5 Å². The van der Waals surface area contributed by atoms with Crippen LogP contribution in [0.5, 0.6) is 0 Å². The number of hydrogen-bond donors (Lipinski definition) is 4. The lowest BCUT2D eigenvalue weighted by atomic mass is 10.1. The van der Waals surface area contributed by atoms with Gasteiger partial charge in [0.1, 0.15) is 6.04 Å². The van der Waals surface area contributed by atoms with Crippen LogP contribution in [0.1, 0.15) is 5.56 Å². The van der Waals surface area contributed by atoms with Crippen molar-refractivity contribution in [1.29, 1.82) is 0 Å². The van der Waals surface area contributed by atoms with Crippen molar-refractivity contribution in [1.82, 2.24) is 0 Å². The minimum Gasteiger partial charge on any atom is -0.480 e. The van der Waals surface area contributed by atoms with E-state index in [-0.39, 0.29) is 7.69 Å². The summed E-state index contributed by atoms with van der Waals surface area (Å²) in [4.78, 5) is 10.4. The number of carboxylic acids is 1. The predicted octanol–water partition coefficient (Wildman–Crippen LogP) is -0.854. The number of hydrogen-bond acceptors (Lipinski definition) is 4. The van der Waals surface area contributed by atoms with Crippen LogP contribution in [0, 0.1) is 0 Å². The molecule has 0 aliphatic rings. The van der Waals surface area contributed by atoms with Gasteiger partial charge in [0.2, 0.25) is 0 Å². The van der Waals surface area contributed by atoms with Crippen LogP contribution in [-0.4, -0.2) is 34.9 Å². The molecule has 1 radical (unpaired) electrons. The van der Waals surface area contributed by atoms with Gasteiger partial charge in [-0.25, -0.2) is 0 Å². The lowest BCUT2D eigenvalue weighted by Gasteiger charge is -2.04. The average molecular weight is 210 g/mol. The van der Waals surface area contributed by atoms with Gasteiger partial charge in [-0.1, -0.05) is 30.3 Å². The molecule has 1 unspecified atom stereocenters. The van der Waals surface area contributed by atoms with Crippen LogP contribution in [0.2, 0.25) is 0 Å². The van der Waals surface area contributed by atoms with Crippen LogP contribution in [0.25, 0.3) is 0 Å². The number of carboxylic acid groups (broad SMARTS) is 1. The van der Waals surface area contributed by atoms with Gasteiger partial charge in [-0.2, -0.15) is 0 Å². The number of carbonyl (C=O) groups is 1. The van der Waals surface area contributed by atoms with Crippen LogP contribution in [0.3, 0.4) is 0 Å². The van der Waals surface area contributed by atoms with Crippen LogP contribution in [0.4, 0.5) is 0 Å². The average Bonchev–Trinajstić information content (AvgIpc) is 2.20. The Balaban J connectivity index is 0.000000583. The van der Waals surface area contributed by atoms with Gasteiger partial charge >= 0.3 is 13.7 Å². The zero-order valence-electron chi connectivity index (χ0n) is 8.08. The summed E-state index contributed by atoms with van der Waals surface area (Å²) in [7, 11) is 0. The molecule has 0 heterocycles. The van der Waals surface area contributed by atoms with E-state index in [2.05, 4.69) is 0 Å². The first kappa shape index (κ1) is 13.6. The zero-order chi connectivity index (χ0) is 11.7. The monoisotopic (exact) mass is 210 g/mol. The Hall–Kier alpha value is -1.37. The molecule has 6 heteroatoms. The van der Waals surface area contributed by atoms with Gasteiger partial charge in [-0.3, -0.25) is 4.79 Å². The number of benzene rings is 1. The Labute approximate surface area is 88.5 Å². The summed E-state index contributed by atoms with van der Waals surface area (Å²) in [5.41, 5.74) is 6.30. The third-order valence-electron chi connectivity index (χ3n) is 1.62. The van der Waals surface area contributed by atoms with Gasteiger partial charge in [0.05, 0.1) is 0 Å². The maximum atomic E-state index is 10.4. The van der Waals surface area contributed by atoms with Gasteiger partial charge in [0.15, 0.2) is 0 Å². The SMILES string of the molecule is NC(Cc1ccccc1)C(=O)O.O[B]O. The smallest absolute Gasteiger partial charge is 0.480 e. The molecule has 0 saturated carbocycles. The van der Waals surface area contributed by atoms with E-state index in [1.54, 1.807) is 0 Å². The molecule has 1 rings (SSSR count). The van der Waals surface area contributed by atoms with Crippen LogP contribution in [0.15, 0.2) is 30.3 Å². The highest BCUT2D eigenvalue weighted by Crippen LogP contribution is 2.01. The molecule has 81 valence electrons. The summed E-state index contributed by atoms with van der Waals surface area (Å²) in [5, 5.41) is 22.5. The van der Waals surface area contributed by atoms with Crippen molar-refractivity contribution < 1.29 is 19.9 Å². The topological polar surface area (TPSA) is 104 Å². The molecule has 1 aromatic carbocycles. The molecule has 0 spiro atoms. The highest BCUT2D eigenvalue weighted by atomic mass is 16.4. The molecule has 0 aromatic heterocycles. The van der Waals surface area contributed by atoms with Gasteiger partial charge in [0.25, 0.3) is 0 Å². The number of nitrogens with two attached hydrogens (primary N) is 1. The standard InChI is InChI=1S/C9H11NO2.BH2O2/c10-8(9(11)12)6-7-4-2-1-3-5-7;2-1-3/h1-5,8H,6,10H2,(H,11,12);2-3H. The summed E-state index contributed by atoms with van der Waals surface area (Å²) in [6.45, 7) is 0. The third-order valence-corrected chi connectivity index (χ3v) is 1.62. The van der Waals surface area contributed by atoms with Crippen molar-refractivity contribution in [2.24, 2.45) is 5.73 Å². The third kappa shape index (κ3) is 6.67. The van der Waals surface area contributed by atoms with E-state index >= 15 is 0 Å². The minimum atomic E-state index is -0.959. The zero-order valence-corrected chi connectivity index (χ0v) is 8.08. The molecular formula is C9H13BNO4. The second kappa shape index (κ2) is 7.99. The molecule has 0 aliphatic heterocycles. The molecule has 0 aliphatic carbocycles. The quantitative estimate of drug-likeness (QED) is 0.486. The number of aliphatic carboxylic acids is 1. The lowest BCUT2D eigenvalue weighted by Crippen LogP contribution is -2.32. The van der Waals surface area contributed by atoms with Crippen LogP contribution in [-0.2, 0) is 11.2 Å². The van der Waals surface area contributed by atoms with Gasteiger partial charge < -0.3 is 20.9 Å². The van der Waals surface area contributed by atoms with E-state index in [0.29, 0.717) is 6.42 Å². The summed E-state index contributed by atoms with van der Waals surface area (Å²) < 4.78 is 0. The van der Waals surface area contributed by atoms with Crippen molar-refractivity contribution in [3.8, 4) is 0 Å². The maximum Gasteiger partial charge on any atom is 0.482 e. The van der Waals surface area contributed by atoms with Gasteiger partial charge in [0, 0.05) is 0 Å². The predicted molar refractivity (Wildman–Crippen MR) is 55.9 cm³/mol. The largest absolute Gasteiger partial charge is 0.482 e. The summed E-state index contributed by atoms with van der Waals surface area (Å²) in [5.74, 6) is -0.959. The van der Waals surface area contributed by atoms with Gasteiger partial charge in [-0.05, 0) is 12.0 Å². The molecule has 0 amide bonds. The molecular weight excluding hydrogens is 197 g/mol. The molecule has 0 bridgehead atoms. The Morgan fingerprint density at radius 1 is 1.33 bits per heavy atom. The fraction of sp³-hybridized carbons (Fsp3) is 0.222. The Morgan fingerprint density at radius 3 is 2.20 bits per heavy atom. The fourth-order valence-electron chi connectivity index (χ4n) is 0.955. The second-order valence-corrected chi connectivity index (χ2v) is 2.75. The van der Waals surface area contributed by atoms with Crippen molar-refractivity contribution >= 4 is 13.7 Å². The first-order valence-electron chi connectivity index (χ1n) is 4.24. The van der Waals surface area contributed by atoms with E-state index in [9.17, 15) is 4.79 Å². The Kier molecular flexibility index (Phi) is 7.26. The fourth-order valence-corrected chi connectivity index (χ4v) is 0.955. The normalized spacial score (nSPS) is 10.9. The van der Waals surface area contributed by atoms with Crippen molar-refractivity contribution in [3.63, 3.8) is 0 Å². The number of rotatable bonds is 3. The van der Waals surface area contributed by atoms with Gasteiger partial charge in [-0.15, -0.1) is 0 Å². The molecule has 5 N–H and O–H groups in total. The highest BCUT2D eigenvalue weighted by molar-refractivity contribution is 6.13. The molecule has 15 heavy (non-hydrogen) atoms. The molecule has 5 nitrogen and oxygen atoms in total. The second-order valence-electron chi connectivity index (χ2n) is 2.75. The molecule has 1 aromatic rings. The van der Waals surface area contributed by atoms with E-state index in [4.69, 9.17) is 20.9 Å².